The molecule has 128 valence electrons. The molecule has 2 aromatic heterocycles. The monoisotopic (exact) mass is 354 g/mol. The maximum absolute atomic E-state index is 12.4. The number of amides is 1. The fourth-order valence-corrected chi connectivity index (χ4v) is 4.27. The molecule has 6 nitrogen and oxygen atoms in total. The molecule has 1 aromatic carbocycles. The van der Waals surface area contributed by atoms with Crippen molar-refractivity contribution < 1.29 is 4.79 Å². The van der Waals surface area contributed by atoms with Crippen molar-refractivity contribution in [3.05, 3.63) is 50.9 Å². The second-order valence-electron chi connectivity index (χ2n) is 6.22. The number of fused-ring (bicyclic) bond motifs is 2. The van der Waals surface area contributed by atoms with Crippen LogP contribution >= 0.6 is 11.3 Å². The van der Waals surface area contributed by atoms with Gasteiger partial charge in [-0.15, -0.1) is 11.3 Å². The van der Waals surface area contributed by atoms with E-state index in [9.17, 15) is 9.59 Å². The summed E-state index contributed by atoms with van der Waals surface area (Å²) in [5.41, 5.74) is 1.44. The molecule has 0 radical (unpaired) electrons. The van der Waals surface area contributed by atoms with Gasteiger partial charge in [-0.05, 0) is 31.7 Å². The van der Waals surface area contributed by atoms with E-state index in [0.717, 1.165) is 25.0 Å². The van der Waals surface area contributed by atoms with E-state index in [-0.39, 0.29) is 17.9 Å². The number of aromatic nitrogens is 3. The van der Waals surface area contributed by atoms with Crippen LogP contribution in [0.15, 0.2) is 29.1 Å². The molecule has 1 amide bonds. The Kier molecular flexibility index (Phi) is 4.31. The topological polar surface area (TPSA) is 87.7 Å². The van der Waals surface area contributed by atoms with Crippen LogP contribution in [0.1, 0.15) is 35.5 Å². The summed E-state index contributed by atoms with van der Waals surface area (Å²) in [7, 11) is 0. The van der Waals surface area contributed by atoms with E-state index < -0.39 is 0 Å². The number of thiazole rings is 1. The second-order valence-corrected chi connectivity index (χ2v) is 7.30. The average Bonchev–Trinajstić information content (AvgIpc) is 2.85. The van der Waals surface area contributed by atoms with Gasteiger partial charge in [0.15, 0.2) is 5.13 Å². The van der Waals surface area contributed by atoms with Gasteiger partial charge < -0.3 is 5.32 Å². The number of H-pyrrole nitrogens is 1. The summed E-state index contributed by atoms with van der Waals surface area (Å²) in [5.74, 6) is -0.173. The van der Waals surface area contributed by atoms with E-state index in [0.29, 0.717) is 21.6 Å². The number of rotatable bonds is 3. The fraction of sp³-hybridized carbons (Fsp3) is 0.333. The van der Waals surface area contributed by atoms with Crippen molar-refractivity contribution in [2.24, 2.45) is 0 Å². The molecule has 0 bridgehead atoms. The van der Waals surface area contributed by atoms with Crippen molar-refractivity contribution in [2.45, 2.75) is 38.5 Å². The molecular formula is C18H18N4O2S. The van der Waals surface area contributed by atoms with Crippen LogP contribution in [-0.2, 0) is 24.1 Å². The Balaban J connectivity index is 1.53. The average molecular weight is 354 g/mol. The zero-order valence-electron chi connectivity index (χ0n) is 13.7. The summed E-state index contributed by atoms with van der Waals surface area (Å²) in [4.78, 5) is 30.1. The van der Waals surface area contributed by atoms with E-state index in [1.54, 1.807) is 23.5 Å². The van der Waals surface area contributed by atoms with Crippen LogP contribution < -0.4 is 10.9 Å². The standard InChI is InChI=1S/C18H18N4O2S/c23-16(20-18-19-13-8-2-1-3-9-15(13)25-18)10-14-11-6-4-5-7-12(11)17(24)22-21-14/h4-7H,1-3,8-10H2,(H,22,24)(H,19,20,23). The van der Waals surface area contributed by atoms with Gasteiger partial charge in [-0.25, -0.2) is 10.1 Å². The molecule has 2 N–H and O–H groups in total. The summed E-state index contributed by atoms with van der Waals surface area (Å²) in [6.07, 6.45) is 5.74. The predicted molar refractivity (Wildman–Crippen MR) is 98.1 cm³/mol. The highest BCUT2D eigenvalue weighted by Crippen LogP contribution is 2.29. The van der Waals surface area contributed by atoms with Gasteiger partial charge >= 0.3 is 0 Å². The van der Waals surface area contributed by atoms with Gasteiger partial charge in [-0.1, -0.05) is 24.6 Å². The Morgan fingerprint density at radius 1 is 1.16 bits per heavy atom. The van der Waals surface area contributed by atoms with E-state index in [2.05, 4.69) is 20.5 Å². The van der Waals surface area contributed by atoms with E-state index in [4.69, 9.17) is 0 Å². The molecule has 0 unspecified atom stereocenters. The molecule has 0 fully saturated rings. The number of hydrogen-bond acceptors (Lipinski definition) is 5. The summed E-state index contributed by atoms with van der Waals surface area (Å²) in [6.45, 7) is 0. The number of hydrogen-bond donors (Lipinski definition) is 2. The number of nitrogens with zero attached hydrogens (tertiary/aromatic N) is 2. The molecule has 0 saturated heterocycles. The van der Waals surface area contributed by atoms with E-state index >= 15 is 0 Å². The largest absolute Gasteiger partial charge is 0.302 e. The highest BCUT2D eigenvalue weighted by Gasteiger charge is 2.16. The molecule has 4 rings (SSSR count). The molecule has 1 aliphatic rings. The smallest absolute Gasteiger partial charge is 0.272 e. The van der Waals surface area contributed by atoms with Gasteiger partial charge in [0.05, 0.1) is 23.2 Å². The lowest BCUT2D eigenvalue weighted by atomic mass is 10.1. The van der Waals surface area contributed by atoms with Crippen molar-refractivity contribution in [3.8, 4) is 0 Å². The number of nitrogens with one attached hydrogen (secondary N) is 2. The minimum absolute atomic E-state index is 0.0987. The highest BCUT2D eigenvalue weighted by atomic mass is 32.1. The van der Waals surface area contributed by atoms with Gasteiger partial charge in [-0.2, -0.15) is 5.10 Å². The molecule has 7 heteroatoms. The Morgan fingerprint density at radius 2 is 1.96 bits per heavy atom. The SMILES string of the molecule is O=C(Cc1n[nH]c(=O)c2ccccc12)Nc1nc2c(s1)CCCCC2. The van der Waals surface area contributed by atoms with Gasteiger partial charge in [0.1, 0.15) is 0 Å². The zero-order chi connectivity index (χ0) is 17.2. The van der Waals surface area contributed by atoms with E-state index in [1.807, 2.05) is 12.1 Å². The zero-order valence-corrected chi connectivity index (χ0v) is 14.5. The summed E-state index contributed by atoms with van der Waals surface area (Å²) in [5, 5.41) is 11.3. The highest BCUT2D eigenvalue weighted by molar-refractivity contribution is 7.15. The van der Waals surface area contributed by atoms with Crippen LogP contribution in [-0.4, -0.2) is 21.1 Å². The minimum atomic E-state index is -0.247. The molecule has 3 aromatic rings. The number of carbonyl (C=O) groups is 1. The first-order chi connectivity index (χ1) is 12.2. The Bertz CT molecular complexity index is 969. The number of benzene rings is 1. The van der Waals surface area contributed by atoms with Gasteiger partial charge in [0.2, 0.25) is 5.91 Å². The fourth-order valence-electron chi connectivity index (χ4n) is 3.20. The number of aromatic amines is 1. The van der Waals surface area contributed by atoms with Crippen LogP contribution in [0.2, 0.25) is 0 Å². The Morgan fingerprint density at radius 3 is 2.84 bits per heavy atom. The molecule has 1 aliphatic carbocycles. The number of carbonyl (C=O) groups excluding carboxylic acids is 1. The summed E-state index contributed by atoms with van der Waals surface area (Å²) < 4.78 is 0. The Hall–Kier alpha value is -2.54. The third-order valence-corrected chi connectivity index (χ3v) is 5.52. The molecule has 0 aliphatic heterocycles. The second kappa shape index (κ2) is 6.76. The van der Waals surface area contributed by atoms with Gasteiger partial charge in [-0.3, -0.25) is 9.59 Å². The van der Waals surface area contributed by atoms with Crippen LogP contribution in [0, 0.1) is 0 Å². The van der Waals surface area contributed by atoms with Crippen molar-refractivity contribution in [1.29, 1.82) is 0 Å². The van der Waals surface area contributed by atoms with Crippen LogP contribution in [0.3, 0.4) is 0 Å². The minimum Gasteiger partial charge on any atom is -0.302 e. The van der Waals surface area contributed by atoms with Gasteiger partial charge in [0, 0.05) is 10.3 Å². The third-order valence-electron chi connectivity index (χ3n) is 4.45. The molecule has 2 heterocycles. The lowest BCUT2D eigenvalue weighted by Gasteiger charge is -2.04. The quantitative estimate of drug-likeness (QED) is 0.708. The van der Waals surface area contributed by atoms with Crippen molar-refractivity contribution in [1.82, 2.24) is 15.2 Å². The summed E-state index contributed by atoms with van der Waals surface area (Å²) >= 11 is 1.57. The first kappa shape index (κ1) is 16.0. The van der Waals surface area contributed by atoms with Gasteiger partial charge in [0.25, 0.3) is 5.56 Å². The first-order valence-electron chi connectivity index (χ1n) is 8.45. The molecule has 25 heavy (non-hydrogen) atoms. The lowest BCUT2D eigenvalue weighted by molar-refractivity contribution is -0.115. The van der Waals surface area contributed by atoms with Crippen molar-refractivity contribution >= 4 is 33.1 Å². The van der Waals surface area contributed by atoms with Crippen LogP contribution in [0.4, 0.5) is 5.13 Å². The predicted octanol–water partition coefficient (Wildman–Crippen LogP) is 2.83. The molecule has 0 atom stereocenters. The lowest BCUT2D eigenvalue weighted by Crippen LogP contribution is -2.18. The maximum atomic E-state index is 12.4. The van der Waals surface area contributed by atoms with Crippen molar-refractivity contribution in [3.63, 3.8) is 0 Å². The summed E-state index contributed by atoms with van der Waals surface area (Å²) in [6, 6.07) is 7.17. The molecule has 0 saturated carbocycles. The number of aryl methyl sites for hydroxylation is 2. The first-order valence-corrected chi connectivity index (χ1v) is 9.27. The normalized spacial score (nSPS) is 14.1. The Labute approximate surface area is 148 Å². The van der Waals surface area contributed by atoms with Crippen LogP contribution in [0.25, 0.3) is 10.8 Å². The third kappa shape index (κ3) is 3.32. The molecule has 0 spiro atoms. The van der Waals surface area contributed by atoms with Crippen molar-refractivity contribution in [2.75, 3.05) is 5.32 Å². The molecular weight excluding hydrogens is 336 g/mol. The maximum Gasteiger partial charge on any atom is 0.272 e. The number of anilines is 1. The van der Waals surface area contributed by atoms with Crippen LogP contribution in [0.5, 0.6) is 0 Å². The van der Waals surface area contributed by atoms with E-state index in [1.165, 1.54) is 17.7 Å².